The van der Waals surface area contributed by atoms with E-state index in [0.29, 0.717) is 18.7 Å². The molecule has 0 aliphatic heterocycles. The number of hydrogen-bond acceptors (Lipinski definition) is 3. The Labute approximate surface area is 196 Å². The summed E-state index contributed by atoms with van der Waals surface area (Å²) in [7, 11) is 0. The molecule has 3 nitrogen and oxygen atoms in total. The largest absolute Gasteiger partial charge is 0.395 e. The Kier molecular flexibility index (Phi) is 7.46. The molecule has 0 aromatic heterocycles. The normalized spacial score (nSPS) is 12.0. The van der Waals surface area contributed by atoms with E-state index in [2.05, 4.69) is 36.4 Å². The minimum Gasteiger partial charge on any atom is -0.395 e. The molecule has 0 aliphatic carbocycles. The van der Waals surface area contributed by atoms with Crippen molar-refractivity contribution in [2.45, 2.75) is 13.0 Å². The van der Waals surface area contributed by atoms with Crippen LogP contribution < -0.4 is 0 Å². The van der Waals surface area contributed by atoms with Crippen LogP contribution in [0.4, 0.5) is 0 Å². The summed E-state index contributed by atoms with van der Waals surface area (Å²) in [6, 6.07) is 35.9. The van der Waals surface area contributed by atoms with Gasteiger partial charge in [0.15, 0.2) is 5.78 Å². The summed E-state index contributed by atoms with van der Waals surface area (Å²) in [4.78, 5) is 15.7. The minimum absolute atomic E-state index is 0.00661. The van der Waals surface area contributed by atoms with E-state index in [9.17, 15) is 9.90 Å². The van der Waals surface area contributed by atoms with Gasteiger partial charge in [-0.25, -0.2) is 0 Å². The van der Waals surface area contributed by atoms with Crippen molar-refractivity contribution in [2.75, 3.05) is 19.7 Å². The summed E-state index contributed by atoms with van der Waals surface area (Å²) in [6.07, 6.45) is 0. The quantitative estimate of drug-likeness (QED) is 0.316. The number of hydrogen-bond donors (Lipinski definition) is 1. The Bertz CT molecular complexity index is 1150. The van der Waals surface area contributed by atoms with Crippen molar-refractivity contribution in [1.82, 2.24) is 4.90 Å². The fraction of sp³-hybridized carbons (Fsp3) is 0.167. The molecule has 4 aromatic carbocycles. The fourth-order valence-electron chi connectivity index (χ4n) is 4.23. The molecule has 0 heterocycles. The molecule has 0 radical (unpaired) electrons. The second-order valence-corrected chi connectivity index (χ2v) is 8.05. The zero-order chi connectivity index (χ0) is 23.0. The number of aliphatic hydroxyl groups is 1. The van der Waals surface area contributed by atoms with Gasteiger partial charge in [0.2, 0.25) is 0 Å². The molecule has 0 unspecified atom stereocenters. The summed E-state index contributed by atoms with van der Waals surface area (Å²) in [5, 5.41) is 9.62. The number of benzene rings is 4. The summed E-state index contributed by atoms with van der Waals surface area (Å²) in [5.41, 5.74) is 6.07. The molecule has 0 bridgehead atoms. The van der Waals surface area contributed by atoms with Gasteiger partial charge in [0, 0.05) is 12.1 Å². The Morgan fingerprint density at radius 1 is 0.697 bits per heavy atom. The summed E-state index contributed by atoms with van der Waals surface area (Å²) < 4.78 is 0. The molecule has 4 aromatic rings. The third kappa shape index (κ3) is 5.28. The monoisotopic (exact) mass is 435 g/mol. The van der Waals surface area contributed by atoms with Crippen molar-refractivity contribution in [3.8, 4) is 22.3 Å². The molecule has 3 heteroatoms. The van der Waals surface area contributed by atoms with E-state index in [4.69, 9.17) is 0 Å². The van der Waals surface area contributed by atoms with E-state index < -0.39 is 6.04 Å². The smallest absolute Gasteiger partial charge is 0.184 e. The number of Topliss-reactive ketones (excluding diaryl/α,β-unsaturated/α-hetero) is 1. The van der Waals surface area contributed by atoms with Gasteiger partial charge in [-0.05, 0) is 34.4 Å². The van der Waals surface area contributed by atoms with Crippen LogP contribution in [0.2, 0.25) is 0 Å². The van der Waals surface area contributed by atoms with Gasteiger partial charge in [0.25, 0.3) is 0 Å². The van der Waals surface area contributed by atoms with Crippen LogP contribution in [0.15, 0.2) is 109 Å². The first kappa shape index (κ1) is 22.7. The predicted octanol–water partition coefficient (Wildman–Crippen LogP) is 6.26. The molecule has 33 heavy (non-hydrogen) atoms. The number of ketones is 1. The standard InChI is InChI=1S/C30H29NO2/c1-2-31(21-22-32)29(27-17-13-25(14-18-27)23-9-5-3-6-10-23)30(33)28-19-15-26(16-20-28)24-11-7-4-8-12-24/h3-20,29,32H,2,21-22H2,1H3/t29-/m0/s1. The number of likely N-dealkylation sites (N-methyl/N-ethyl adjacent to an activating group) is 1. The minimum atomic E-state index is -0.449. The van der Waals surface area contributed by atoms with Gasteiger partial charge >= 0.3 is 0 Å². The SMILES string of the molecule is CCN(CCO)[C@H](C(=O)c1ccc(-c2ccccc2)cc1)c1ccc(-c2ccccc2)cc1. The zero-order valence-corrected chi connectivity index (χ0v) is 18.9. The van der Waals surface area contributed by atoms with E-state index in [1.807, 2.05) is 84.6 Å². The van der Waals surface area contributed by atoms with E-state index >= 15 is 0 Å². The molecule has 0 saturated carbocycles. The summed E-state index contributed by atoms with van der Waals surface area (Å²) in [5.74, 6) is 0.0392. The van der Waals surface area contributed by atoms with Crippen LogP contribution >= 0.6 is 0 Å². The highest BCUT2D eigenvalue weighted by Crippen LogP contribution is 2.29. The van der Waals surface area contributed by atoms with E-state index in [1.54, 1.807) is 0 Å². The van der Waals surface area contributed by atoms with E-state index in [-0.39, 0.29) is 12.4 Å². The zero-order valence-electron chi connectivity index (χ0n) is 18.9. The number of carbonyl (C=O) groups is 1. The molecular weight excluding hydrogens is 406 g/mol. The maximum absolute atomic E-state index is 13.7. The maximum Gasteiger partial charge on any atom is 0.184 e. The number of aliphatic hydroxyl groups excluding tert-OH is 1. The third-order valence-corrected chi connectivity index (χ3v) is 6.02. The second-order valence-electron chi connectivity index (χ2n) is 8.05. The Morgan fingerprint density at radius 3 is 1.61 bits per heavy atom. The van der Waals surface area contributed by atoms with Gasteiger partial charge in [-0.2, -0.15) is 0 Å². The first-order valence-electron chi connectivity index (χ1n) is 11.4. The topological polar surface area (TPSA) is 40.5 Å². The second kappa shape index (κ2) is 10.9. The van der Waals surface area contributed by atoms with Crippen molar-refractivity contribution in [3.63, 3.8) is 0 Å². The molecule has 166 valence electrons. The predicted molar refractivity (Wildman–Crippen MR) is 135 cm³/mol. The molecule has 0 amide bonds. The first-order valence-corrected chi connectivity index (χ1v) is 11.4. The Balaban J connectivity index is 1.65. The molecule has 1 N–H and O–H groups in total. The van der Waals surface area contributed by atoms with E-state index in [1.165, 1.54) is 0 Å². The summed E-state index contributed by atoms with van der Waals surface area (Å²) >= 11 is 0. The first-order chi connectivity index (χ1) is 16.2. The van der Waals surface area contributed by atoms with Gasteiger partial charge in [-0.1, -0.05) is 116 Å². The van der Waals surface area contributed by atoms with Crippen molar-refractivity contribution in [2.24, 2.45) is 0 Å². The molecular formula is C30H29NO2. The average Bonchev–Trinajstić information content (AvgIpc) is 2.90. The van der Waals surface area contributed by atoms with Crippen LogP contribution in [0.25, 0.3) is 22.3 Å². The lowest BCUT2D eigenvalue weighted by Gasteiger charge is -2.29. The number of rotatable bonds is 9. The third-order valence-electron chi connectivity index (χ3n) is 6.02. The lowest BCUT2D eigenvalue weighted by atomic mass is 9.93. The Hall–Kier alpha value is -3.53. The molecule has 0 aliphatic rings. The van der Waals surface area contributed by atoms with Crippen molar-refractivity contribution >= 4 is 5.78 Å². The lowest BCUT2D eigenvalue weighted by Crippen LogP contribution is -2.36. The average molecular weight is 436 g/mol. The molecule has 0 saturated heterocycles. The molecule has 0 spiro atoms. The van der Waals surface area contributed by atoms with Crippen LogP contribution in [-0.4, -0.2) is 35.5 Å². The number of carbonyl (C=O) groups excluding carboxylic acids is 1. The highest BCUT2D eigenvalue weighted by molar-refractivity contribution is 6.01. The Morgan fingerprint density at radius 2 is 1.15 bits per heavy atom. The van der Waals surface area contributed by atoms with Crippen molar-refractivity contribution in [3.05, 3.63) is 120 Å². The van der Waals surface area contributed by atoms with E-state index in [0.717, 1.165) is 27.8 Å². The van der Waals surface area contributed by atoms with Crippen LogP contribution in [0, 0.1) is 0 Å². The lowest BCUT2D eigenvalue weighted by molar-refractivity contribution is 0.0793. The fourth-order valence-corrected chi connectivity index (χ4v) is 4.23. The van der Waals surface area contributed by atoms with Gasteiger partial charge in [-0.15, -0.1) is 0 Å². The molecule has 1 atom stereocenters. The highest BCUT2D eigenvalue weighted by atomic mass is 16.3. The van der Waals surface area contributed by atoms with Gasteiger partial charge < -0.3 is 5.11 Å². The van der Waals surface area contributed by atoms with Gasteiger partial charge in [0.1, 0.15) is 0 Å². The van der Waals surface area contributed by atoms with Crippen LogP contribution in [0.5, 0.6) is 0 Å². The highest BCUT2D eigenvalue weighted by Gasteiger charge is 2.27. The maximum atomic E-state index is 13.7. The van der Waals surface area contributed by atoms with Crippen LogP contribution in [0.1, 0.15) is 28.9 Å². The molecule has 0 fully saturated rings. The molecule has 4 rings (SSSR count). The van der Waals surface area contributed by atoms with Gasteiger partial charge in [0.05, 0.1) is 12.6 Å². The van der Waals surface area contributed by atoms with Crippen LogP contribution in [0.3, 0.4) is 0 Å². The van der Waals surface area contributed by atoms with Crippen LogP contribution in [-0.2, 0) is 0 Å². The van der Waals surface area contributed by atoms with Crippen molar-refractivity contribution < 1.29 is 9.90 Å². The van der Waals surface area contributed by atoms with Crippen molar-refractivity contribution in [1.29, 1.82) is 0 Å². The number of nitrogens with zero attached hydrogens (tertiary/aromatic N) is 1. The van der Waals surface area contributed by atoms with Gasteiger partial charge in [-0.3, -0.25) is 9.69 Å². The summed E-state index contributed by atoms with van der Waals surface area (Å²) in [6.45, 7) is 3.13.